The number of hydrogen-bond donors (Lipinski definition) is 2. The number of carbonyl (C=O) groups is 1. The first-order valence-corrected chi connectivity index (χ1v) is 9.49. The highest BCUT2D eigenvalue weighted by Crippen LogP contribution is 2.31. The van der Waals surface area contributed by atoms with Gasteiger partial charge < -0.3 is 20.4 Å². The number of nitrogens with zero attached hydrogens (tertiary/aromatic N) is 5. The van der Waals surface area contributed by atoms with Crippen LogP contribution < -0.4 is 15.5 Å². The molecule has 138 valence electrons. The second kappa shape index (κ2) is 6.21. The predicted octanol–water partition coefficient (Wildman–Crippen LogP) is -0.716. The minimum absolute atomic E-state index is 0.0687. The largest absolute Gasteiger partial charge is 0.354 e. The zero-order valence-corrected chi connectivity index (χ0v) is 15.1. The van der Waals surface area contributed by atoms with Crippen molar-refractivity contribution >= 4 is 17.4 Å². The summed E-state index contributed by atoms with van der Waals surface area (Å²) in [5, 5.41) is 11.1. The molecule has 2 fully saturated rings. The summed E-state index contributed by atoms with van der Waals surface area (Å²) < 4.78 is 1.94. The minimum Gasteiger partial charge on any atom is -0.354 e. The number of fused-ring (bicyclic) bond motifs is 2. The topological polar surface area (TPSA) is 77.8 Å². The number of anilines is 1. The van der Waals surface area contributed by atoms with E-state index >= 15 is 0 Å². The fourth-order valence-corrected chi connectivity index (χ4v) is 4.27. The van der Waals surface area contributed by atoms with Gasteiger partial charge in [0, 0.05) is 50.8 Å². The van der Waals surface area contributed by atoms with E-state index < -0.39 is 0 Å². The maximum absolute atomic E-state index is 12.5. The van der Waals surface area contributed by atoms with E-state index in [-0.39, 0.29) is 11.8 Å². The molecule has 2 N–H and O–H groups in total. The molecule has 26 heavy (non-hydrogen) atoms. The smallest absolute Gasteiger partial charge is 0.227 e. The van der Waals surface area contributed by atoms with Gasteiger partial charge in [-0.25, -0.2) is 4.98 Å². The molecule has 0 radical (unpaired) electrons. The molecule has 8 heteroatoms. The fourth-order valence-electron chi connectivity index (χ4n) is 4.27. The van der Waals surface area contributed by atoms with E-state index in [0.29, 0.717) is 6.04 Å². The Balaban J connectivity index is 1.36. The average molecular weight is 355 g/mol. The first-order chi connectivity index (χ1) is 12.7. The maximum Gasteiger partial charge on any atom is 0.227 e. The number of hydrogen-bond acceptors (Lipinski definition) is 6. The van der Waals surface area contributed by atoms with Gasteiger partial charge >= 0.3 is 0 Å². The molecular formula is C18H25N7O. The van der Waals surface area contributed by atoms with Crippen LogP contribution in [0.4, 0.5) is 5.82 Å². The molecule has 0 bridgehead atoms. The van der Waals surface area contributed by atoms with Gasteiger partial charge in [0.2, 0.25) is 5.91 Å². The molecule has 0 spiro atoms. The number of rotatable bonds is 3. The summed E-state index contributed by atoms with van der Waals surface area (Å²) in [6, 6.07) is 2.28. The highest BCUT2D eigenvalue weighted by molar-refractivity contribution is 5.82. The van der Waals surface area contributed by atoms with Crippen LogP contribution in [0.2, 0.25) is 0 Å². The van der Waals surface area contributed by atoms with Gasteiger partial charge in [-0.3, -0.25) is 4.79 Å². The molecule has 5 heterocycles. The molecule has 3 aliphatic heterocycles. The molecule has 2 saturated heterocycles. The summed E-state index contributed by atoms with van der Waals surface area (Å²) in [5.74, 6) is 1.39. The number of likely N-dealkylation sites (tertiary alicyclic amines) is 1. The number of aromatic nitrogens is 3. The van der Waals surface area contributed by atoms with Gasteiger partial charge in [-0.2, -0.15) is 9.61 Å². The maximum atomic E-state index is 12.5. The first kappa shape index (κ1) is 16.0. The van der Waals surface area contributed by atoms with Gasteiger partial charge in [-0.15, -0.1) is 0 Å². The fraction of sp³-hybridized carbons (Fsp3) is 0.611. The van der Waals surface area contributed by atoms with Crippen molar-refractivity contribution in [3.05, 3.63) is 23.5 Å². The van der Waals surface area contributed by atoms with Crippen molar-refractivity contribution in [2.75, 3.05) is 51.2 Å². The minimum atomic E-state index is 0.0687. The standard InChI is InChI=1S/C18H25N7O/c1-23-10-13(11-23)21-17(26)12-8-24(9-12)18-14-2-5-19-6-3-15(14)22-16-4-7-20-25(16)18/h4,7,12-13,19H,2-3,5-6,8-11H2,1H3,(H,21,26). The molecule has 5 rings (SSSR count). The van der Waals surface area contributed by atoms with Gasteiger partial charge in [0.15, 0.2) is 5.65 Å². The van der Waals surface area contributed by atoms with Crippen molar-refractivity contribution in [1.82, 2.24) is 30.1 Å². The second-order valence-corrected chi connectivity index (χ2v) is 7.74. The lowest BCUT2D eigenvalue weighted by molar-refractivity contribution is -0.127. The quantitative estimate of drug-likeness (QED) is 0.757. The van der Waals surface area contributed by atoms with Crippen molar-refractivity contribution in [2.45, 2.75) is 18.9 Å². The van der Waals surface area contributed by atoms with E-state index in [0.717, 1.165) is 63.6 Å². The molecule has 1 amide bonds. The predicted molar refractivity (Wildman–Crippen MR) is 98.4 cm³/mol. The van der Waals surface area contributed by atoms with Crippen LogP contribution in [0, 0.1) is 5.92 Å². The Morgan fingerprint density at radius 2 is 2.04 bits per heavy atom. The molecule has 0 atom stereocenters. The number of likely N-dealkylation sites (N-methyl/N-ethyl adjacent to an activating group) is 1. The summed E-state index contributed by atoms with van der Waals surface area (Å²) in [7, 11) is 2.08. The number of carbonyl (C=O) groups excluding carboxylic acids is 1. The summed E-state index contributed by atoms with van der Waals surface area (Å²) >= 11 is 0. The van der Waals surface area contributed by atoms with Crippen molar-refractivity contribution < 1.29 is 4.79 Å². The number of amides is 1. The van der Waals surface area contributed by atoms with Gasteiger partial charge in [0.05, 0.1) is 23.9 Å². The molecular weight excluding hydrogens is 330 g/mol. The average Bonchev–Trinajstić information content (AvgIpc) is 2.88. The summed E-state index contributed by atoms with van der Waals surface area (Å²) in [6.45, 7) is 5.36. The highest BCUT2D eigenvalue weighted by atomic mass is 16.2. The van der Waals surface area contributed by atoms with E-state index in [4.69, 9.17) is 4.98 Å². The molecule has 8 nitrogen and oxygen atoms in total. The molecule has 0 unspecified atom stereocenters. The van der Waals surface area contributed by atoms with E-state index in [9.17, 15) is 4.79 Å². The van der Waals surface area contributed by atoms with E-state index in [1.54, 1.807) is 6.20 Å². The Kier molecular flexibility index (Phi) is 3.82. The van der Waals surface area contributed by atoms with E-state index in [1.165, 1.54) is 11.3 Å². The first-order valence-electron chi connectivity index (χ1n) is 9.49. The summed E-state index contributed by atoms with van der Waals surface area (Å²) in [6.07, 6.45) is 3.70. The van der Waals surface area contributed by atoms with Crippen LogP contribution in [-0.2, 0) is 17.6 Å². The molecule has 3 aliphatic rings. The molecule has 0 saturated carbocycles. The van der Waals surface area contributed by atoms with Crippen molar-refractivity contribution in [3.63, 3.8) is 0 Å². The van der Waals surface area contributed by atoms with E-state index in [1.807, 2.05) is 10.6 Å². The Morgan fingerprint density at radius 3 is 2.85 bits per heavy atom. The van der Waals surface area contributed by atoms with Crippen molar-refractivity contribution in [3.8, 4) is 0 Å². The van der Waals surface area contributed by atoms with E-state index in [2.05, 4.69) is 32.6 Å². The van der Waals surface area contributed by atoms with Gasteiger partial charge in [-0.05, 0) is 20.0 Å². The van der Waals surface area contributed by atoms with Gasteiger partial charge in [-0.1, -0.05) is 0 Å². The monoisotopic (exact) mass is 355 g/mol. The summed E-state index contributed by atoms with van der Waals surface area (Å²) in [4.78, 5) is 21.8. The third-order valence-corrected chi connectivity index (χ3v) is 5.74. The van der Waals surface area contributed by atoms with Crippen LogP contribution in [0.15, 0.2) is 12.3 Å². The second-order valence-electron chi connectivity index (χ2n) is 7.74. The zero-order chi connectivity index (χ0) is 17.7. The Bertz CT molecular complexity index is 835. The SMILES string of the molecule is CN1CC(NC(=O)C2CN(c3c4c(nc5ccnn35)CCNCC4)C2)C1. The highest BCUT2D eigenvalue weighted by Gasteiger charge is 2.37. The lowest BCUT2D eigenvalue weighted by Crippen LogP contribution is -2.62. The molecule has 2 aromatic heterocycles. The lowest BCUT2D eigenvalue weighted by atomic mass is 9.96. The summed E-state index contributed by atoms with van der Waals surface area (Å²) in [5.41, 5.74) is 3.35. The number of nitrogens with one attached hydrogen (secondary N) is 2. The van der Waals surface area contributed by atoms with Crippen LogP contribution >= 0.6 is 0 Å². The van der Waals surface area contributed by atoms with Crippen molar-refractivity contribution in [1.29, 1.82) is 0 Å². The van der Waals surface area contributed by atoms with Crippen LogP contribution in [-0.4, -0.2) is 77.8 Å². The third kappa shape index (κ3) is 2.64. The van der Waals surface area contributed by atoms with Gasteiger partial charge in [0.1, 0.15) is 5.82 Å². The van der Waals surface area contributed by atoms with Crippen LogP contribution in [0.3, 0.4) is 0 Å². The molecule has 0 aromatic carbocycles. The Hall–Kier alpha value is -2.19. The lowest BCUT2D eigenvalue weighted by Gasteiger charge is -2.43. The molecule has 2 aromatic rings. The normalized spacial score (nSPS) is 21.8. The van der Waals surface area contributed by atoms with Crippen LogP contribution in [0.25, 0.3) is 5.65 Å². The zero-order valence-electron chi connectivity index (χ0n) is 15.1. The van der Waals surface area contributed by atoms with Crippen LogP contribution in [0.5, 0.6) is 0 Å². The third-order valence-electron chi connectivity index (χ3n) is 5.74. The Morgan fingerprint density at radius 1 is 1.23 bits per heavy atom. The van der Waals surface area contributed by atoms with Gasteiger partial charge in [0.25, 0.3) is 0 Å². The van der Waals surface area contributed by atoms with Crippen molar-refractivity contribution in [2.24, 2.45) is 5.92 Å². The van der Waals surface area contributed by atoms with Crippen LogP contribution in [0.1, 0.15) is 11.3 Å². The Labute approximate surface area is 152 Å². The molecule has 0 aliphatic carbocycles.